The first-order valence-electron chi connectivity index (χ1n) is 13.2. The number of phenols is 1. The molecule has 0 spiro atoms. The predicted molar refractivity (Wildman–Crippen MR) is 148 cm³/mol. The van der Waals surface area contributed by atoms with E-state index in [0.29, 0.717) is 11.3 Å². The lowest BCUT2D eigenvalue weighted by atomic mass is 9.57. The number of benzene rings is 1. The smallest absolute Gasteiger partial charge is 0.315 e. The van der Waals surface area contributed by atoms with Gasteiger partial charge in [-0.05, 0) is 51.4 Å². The molecule has 0 bridgehead atoms. The van der Waals surface area contributed by atoms with Crippen molar-refractivity contribution in [2.24, 2.45) is 17.6 Å². The summed E-state index contributed by atoms with van der Waals surface area (Å²) in [5.74, 6) is -9.32. The van der Waals surface area contributed by atoms with Crippen LogP contribution in [0.3, 0.4) is 0 Å². The topological polar surface area (TPSA) is 220 Å². The van der Waals surface area contributed by atoms with E-state index in [1.54, 1.807) is 25.9 Å². The summed E-state index contributed by atoms with van der Waals surface area (Å²) in [6.45, 7) is 1.65. The van der Waals surface area contributed by atoms with Crippen molar-refractivity contribution in [1.29, 1.82) is 0 Å². The number of nitrogens with two attached hydrogens (primary N) is 1. The second kappa shape index (κ2) is 10.8. The Morgan fingerprint density at radius 1 is 1.14 bits per heavy atom. The number of esters is 1. The zero-order chi connectivity index (χ0) is 31.4. The number of nitrogens with one attached hydrogen (secondary N) is 1. The van der Waals surface area contributed by atoms with Crippen LogP contribution in [0.5, 0.6) is 5.75 Å². The Morgan fingerprint density at radius 2 is 1.79 bits per heavy atom. The molecule has 1 aromatic rings. The van der Waals surface area contributed by atoms with Crippen LogP contribution < -0.4 is 16.0 Å². The molecule has 14 nitrogen and oxygen atoms in total. The summed E-state index contributed by atoms with van der Waals surface area (Å²) < 4.78 is 4.78. The highest BCUT2D eigenvalue weighted by atomic mass is 16.5. The van der Waals surface area contributed by atoms with Crippen LogP contribution in [0.25, 0.3) is 5.76 Å². The standard InChI is InChI=1S/C28H34N4O10/c1-6-42-17(34)10-16(33)30-14-9-15(31(2)3)12-7-11-8-13-21(32(4)5)24(37)20(27(29)40)26(39)28(13,41)25(38)18(11)23(36)19(12)22(14)35/h9,11,13,21,35-36,39,41H,6-8,10H2,1-5H3,(H2,29,40)(H,30,33)/t11?,13?,21-,28-/m0/s1. The van der Waals surface area contributed by atoms with Gasteiger partial charge in [0, 0.05) is 31.3 Å². The first-order valence-corrected chi connectivity index (χ1v) is 13.2. The van der Waals surface area contributed by atoms with Gasteiger partial charge in [0.25, 0.3) is 5.91 Å². The molecule has 4 atom stereocenters. The lowest BCUT2D eigenvalue weighted by Crippen LogP contribution is -2.65. The molecule has 42 heavy (non-hydrogen) atoms. The number of fused-ring (bicyclic) bond motifs is 3. The van der Waals surface area contributed by atoms with E-state index >= 15 is 0 Å². The number of carbonyl (C=O) groups excluding carboxylic acids is 5. The van der Waals surface area contributed by atoms with E-state index in [0.717, 1.165) is 0 Å². The molecular weight excluding hydrogens is 552 g/mol. The van der Waals surface area contributed by atoms with Gasteiger partial charge in [-0.1, -0.05) is 0 Å². The third kappa shape index (κ3) is 4.56. The van der Waals surface area contributed by atoms with Crippen LogP contribution in [0.2, 0.25) is 0 Å². The number of ketones is 2. The molecule has 0 aromatic heterocycles. The van der Waals surface area contributed by atoms with Gasteiger partial charge in [0.1, 0.15) is 29.3 Å². The van der Waals surface area contributed by atoms with E-state index in [2.05, 4.69) is 5.32 Å². The number of likely N-dealkylation sites (N-methyl/N-ethyl adjacent to an activating group) is 1. The number of anilines is 2. The summed E-state index contributed by atoms with van der Waals surface area (Å²) in [5, 5.41) is 47.8. The van der Waals surface area contributed by atoms with Gasteiger partial charge in [-0.2, -0.15) is 0 Å². The second-order valence-corrected chi connectivity index (χ2v) is 11.0. The lowest BCUT2D eigenvalue weighted by molar-refractivity contribution is -0.154. The highest BCUT2D eigenvalue weighted by Crippen LogP contribution is 2.54. The van der Waals surface area contributed by atoms with Crippen molar-refractivity contribution in [1.82, 2.24) is 4.90 Å². The number of hydrogen-bond donors (Lipinski definition) is 6. The maximum absolute atomic E-state index is 14.0. The summed E-state index contributed by atoms with van der Waals surface area (Å²) in [4.78, 5) is 66.7. The van der Waals surface area contributed by atoms with Crippen molar-refractivity contribution >= 4 is 46.5 Å². The van der Waals surface area contributed by atoms with Crippen molar-refractivity contribution in [3.05, 3.63) is 34.1 Å². The van der Waals surface area contributed by atoms with Crippen molar-refractivity contribution in [2.45, 2.75) is 37.8 Å². The van der Waals surface area contributed by atoms with Crippen molar-refractivity contribution in [3.63, 3.8) is 0 Å². The van der Waals surface area contributed by atoms with E-state index in [4.69, 9.17) is 10.5 Å². The van der Waals surface area contributed by atoms with Crippen molar-refractivity contribution < 1.29 is 49.1 Å². The summed E-state index contributed by atoms with van der Waals surface area (Å²) in [6.07, 6.45) is -0.618. The third-order valence-electron chi connectivity index (χ3n) is 8.06. The largest absolute Gasteiger partial charge is 0.508 e. The Morgan fingerprint density at radius 3 is 2.33 bits per heavy atom. The van der Waals surface area contributed by atoms with Crippen LogP contribution >= 0.6 is 0 Å². The number of amides is 2. The number of hydrogen-bond acceptors (Lipinski definition) is 12. The number of Topliss-reactive ketones (excluding diaryl/α,β-unsaturated/α-hetero) is 2. The number of rotatable bonds is 7. The highest BCUT2D eigenvalue weighted by molar-refractivity contribution is 6.24. The van der Waals surface area contributed by atoms with Gasteiger partial charge >= 0.3 is 5.97 Å². The molecule has 0 aliphatic heterocycles. The van der Waals surface area contributed by atoms with Gasteiger partial charge in [0.05, 0.1) is 23.9 Å². The fourth-order valence-corrected chi connectivity index (χ4v) is 6.32. The van der Waals surface area contributed by atoms with Gasteiger partial charge in [-0.25, -0.2) is 0 Å². The molecule has 1 aromatic carbocycles. The van der Waals surface area contributed by atoms with Gasteiger partial charge in [0.2, 0.25) is 11.7 Å². The van der Waals surface area contributed by atoms with Gasteiger partial charge < -0.3 is 41.1 Å². The van der Waals surface area contributed by atoms with Crippen LogP contribution in [0.1, 0.15) is 30.9 Å². The van der Waals surface area contributed by atoms with E-state index < -0.39 is 82.1 Å². The average molecular weight is 587 g/mol. The van der Waals surface area contributed by atoms with E-state index in [9.17, 15) is 44.4 Å². The fourth-order valence-electron chi connectivity index (χ4n) is 6.32. The van der Waals surface area contributed by atoms with E-state index in [-0.39, 0.29) is 36.3 Å². The van der Waals surface area contributed by atoms with E-state index in [1.165, 1.54) is 25.1 Å². The molecule has 1 saturated carbocycles. The molecule has 7 N–H and O–H groups in total. The number of nitrogens with zero attached hydrogens (tertiary/aromatic N) is 2. The zero-order valence-electron chi connectivity index (χ0n) is 23.8. The molecular formula is C28H34N4O10. The molecule has 14 heteroatoms. The first kappa shape index (κ1) is 30.5. The lowest BCUT2D eigenvalue weighted by Gasteiger charge is -2.50. The molecule has 2 amide bonds. The Kier molecular flexibility index (Phi) is 7.82. The Hall–Kier alpha value is -4.43. The Bertz CT molecular complexity index is 1480. The minimum atomic E-state index is -2.77. The van der Waals surface area contributed by atoms with Crippen LogP contribution in [-0.2, 0) is 35.1 Å². The monoisotopic (exact) mass is 586 g/mol. The normalized spacial score (nSPS) is 25.1. The number of phenolic OH excluding ortho intramolecular Hbond substituents is 1. The van der Waals surface area contributed by atoms with Gasteiger partial charge in [-0.3, -0.25) is 28.9 Å². The van der Waals surface area contributed by atoms with Crippen LogP contribution in [-0.4, -0.2) is 101 Å². The Labute approximate surface area is 241 Å². The number of ether oxygens (including phenoxy) is 1. The summed E-state index contributed by atoms with van der Waals surface area (Å²) in [6, 6.07) is 0.262. The number of aromatic hydroxyl groups is 1. The van der Waals surface area contributed by atoms with Crippen LogP contribution in [0.15, 0.2) is 23.0 Å². The fraction of sp³-hybridized carbons (Fsp3) is 0.464. The quantitative estimate of drug-likeness (QED) is 0.107. The average Bonchev–Trinajstić information content (AvgIpc) is 2.87. The SMILES string of the molecule is CCOC(=O)CC(=O)Nc1cc(N(C)C)c2c(c1O)C(O)=C1C(=O)[C@]3(O)C(O)=C(C(N)=O)C(=O)[C@@H](N(C)C)C3CC1C2. The number of primary amides is 1. The number of carbonyl (C=O) groups is 5. The zero-order valence-corrected chi connectivity index (χ0v) is 23.8. The second-order valence-electron chi connectivity index (χ2n) is 11.0. The maximum atomic E-state index is 14.0. The van der Waals surface area contributed by atoms with Crippen LogP contribution in [0.4, 0.5) is 11.4 Å². The third-order valence-corrected chi connectivity index (χ3v) is 8.06. The molecule has 3 aliphatic carbocycles. The maximum Gasteiger partial charge on any atom is 0.315 e. The molecule has 1 fully saturated rings. The summed E-state index contributed by atoms with van der Waals surface area (Å²) in [7, 11) is 6.42. The summed E-state index contributed by atoms with van der Waals surface area (Å²) in [5.41, 5.74) is 1.89. The van der Waals surface area contributed by atoms with Crippen molar-refractivity contribution in [2.75, 3.05) is 45.0 Å². The summed E-state index contributed by atoms with van der Waals surface area (Å²) >= 11 is 0. The van der Waals surface area contributed by atoms with Crippen LogP contribution in [0, 0.1) is 11.8 Å². The number of aliphatic hydroxyl groups is 3. The molecule has 2 unspecified atom stereocenters. The minimum Gasteiger partial charge on any atom is -0.508 e. The van der Waals surface area contributed by atoms with E-state index in [1.807, 2.05) is 0 Å². The Balaban J connectivity index is 1.90. The molecule has 226 valence electrons. The van der Waals surface area contributed by atoms with Crippen molar-refractivity contribution in [3.8, 4) is 5.75 Å². The molecule has 0 radical (unpaired) electrons. The molecule has 0 heterocycles. The minimum absolute atomic E-state index is 0.0581. The molecule has 4 rings (SSSR count). The molecule has 3 aliphatic rings. The van der Waals surface area contributed by atoms with Gasteiger partial charge in [0.15, 0.2) is 11.4 Å². The molecule has 0 saturated heterocycles. The number of aliphatic hydroxyl groups excluding tert-OH is 2. The highest BCUT2D eigenvalue weighted by Gasteiger charge is 2.64. The van der Waals surface area contributed by atoms with Gasteiger partial charge in [-0.15, -0.1) is 0 Å². The predicted octanol–water partition coefficient (Wildman–Crippen LogP) is -0.0783. The first-order chi connectivity index (χ1) is 19.6.